The Morgan fingerprint density at radius 2 is 1.88 bits per heavy atom. The predicted molar refractivity (Wildman–Crippen MR) is 108 cm³/mol. The maximum Gasteiger partial charge on any atom is 0.253 e. The molecule has 136 valence electrons. The van der Waals surface area contributed by atoms with Crippen molar-refractivity contribution in [2.75, 3.05) is 13.4 Å². The monoisotopic (exact) mass is 432 g/mol. The topological polar surface area (TPSA) is 35.5 Å². The normalized spacial score (nSPS) is 32.7. The van der Waals surface area contributed by atoms with E-state index in [0.717, 1.165) is 18.2 Å². The molecular formula is C21H21BrO3S. The summed E-state index contributed by atoms with van der Waals surface area (Å²) in [7, 11) is 1.56. The van der Waals surface area contributed by atoms with E-state index in [9.17, 15) is 4.79 Å². The molecule has 1 fully saturated rings. The van der Waals surface area contributed by atoms with Crippen LogP contribution in [0.5, 0.6) is 0 Å². The maximum absolute atomic E-state index is 12.9. The van der Waals surface area contributed by atoms with Crippen LogP contribution < -0.4 is 0 Å². The van der Waals surface area contributed by atoms with E-state index >= 15 is 0 Å². The Morgan fingerprint density at radius 1 is 1.19 bits per heavy atom. The van der Waals surface area contributed by atoms with Crippen molar-refractivity contribution in [2.45, 2.75) is 29.1 Å². The Kier molecular flexibility index (Phi) is 4.99. The smallest absolute Gasteiger partial charge is 0.253 e. The van der Waals surface area contributed by atoms with E-state index in [0.29, 0.717) is 0 Å². The lowest BCUT2D eigenvalue weighted by Crippen LogP contribution is -2.57. The number of alkyl halides is 1. The number of ether oxygens (including phenoxy) is 2. The highest BCUT2D eigenvalue weighted by atomic mass is 79.9. The van der Waals surface area contributed by atoms with Crippen molar-refractivity contribution in [3.05, 3.63) is 71.3 Å². The molecule has 2 aromatic rings. The van der Waals surface area contributed by atoms with Gasteiger partial charge in [-0.3, -0.25) is 4.79 Å². The summed E-state index contributed by atoms with van der Waals surface area (Å²) in [6, 6.07) is 18.8. The molecule has 26 heavy (non-hydrogen) atoms. The van der Waals surface area contributed by atoms with Crippen molar-refractivity contribution in [3.63, 3.8) is 0 Å². The van der Waals surface area contributed by atoms with Crippen LogP contribution in [0.3, 0.4) is 0 Å². The average Bonchev–Trinajstić information content (AvgIpc) is 3.05. The zero-order chi connectivity index (χ0) is 18.3. The minimum atomic E-state index is -1.31. The van der Waals surface area contributed by atoms with Crippen LogP contribution in [0.1, 0.15) is 28.7 Å². The standard InChI is InChI=1S/C21H21BrO3S/c1-24-21(20(23)26-2)19(22)17(13-8-4-3-5-9-13)16-12-14-10-6-7-11-15(14)18(16)25-21/h3-11,16-19H,12H2,1-2H3/t16-,17+,18-,19+,21-/m0/s1. The van der Waals surface area contributed by atoms with E-state index < -0.39 is 5.79 Å². The highest BCUT2D eigenvalue weighted by Gasteiger charge is 2.60. The number of hydrogen-bond acceptors (Lipinski definition) is 4. The van der Waals surface area contributed by atoms with E-state index in [1.54, 1.807) is 13.4 Å². The fourth-order valence-electron chi connectivity index (χ4n) is 4.40. The third-order valence-corrected chi connectivity index (χ3v) is 7.43. The minimum absolute atomic E-state index is 0.106. The zero-order valence-electron chi connectivity index (χ0n) is 14.7. The third-order valence-electron chi connectivity index (χ3n) is 5.61. The molecule has 0 unspecified atom stereocenters. The molecule has 5 heteroatoms. The van der Waals surface area contributed by atoms with Gasteiger partial charge in [-0.2, -0.15) is 0 Å². The summed E-state index contributed by atoms with van der Waals surface area (Å²) in [5.41, 5.74) is 3.68. The van der Waals surface area contributed by atoms with Crippen LogP contribution in [-0.2, 0) is 20.7 Å². The fourth-order valence-corrected chi connectivity index (χ4v) is 6.30. The summed E-state index contributed by atoms with van der Waals surface area (Å²) in [6.07, 6.45) is 2.56. The number of carbonyl (C=O) groups is 1. The highest BCUT2D eigenvalue weighted by molar-refractivity contribution is 9.09. The second kappa shape index (κ2) is 7.12. The van der Waals surface area contributed by atoms with Gasteiger partial charge in [0.1, 0.15) is 0 Å². The molecule has 3 nitrogen and oxygen atoms in total. The number of halogens is 1. The van der Waals surface area contributed by atoms with Gasteiger partial charge in [0.05, 0.1) is 10.9 Å². The largest absolute Gasteiger partial charge is 0.345 e. The Hall–Kier alpha value is -1.14. The summed E-state index contributed by atoms with van der Waals surface area (Å²) in [5, 5.41) is -0.106. The third kappa shape index (κ3) is 2.68. The number of rotatable bonds is 3. The molecule has 2 aromatic carbocycles. The van der Waals surface area contributed by atoms with Gasteiger partial charge in [-0.15, -0.1) is 0 Å². The molecular weight excluding hydrogens is 412 g/mol. The quantitative estimate of drug-likeness (QED) is 0.657. The Balaban J connectivity index is 1.86. The SMILES string of the molecule is CO[C@]1(C(=O)SC)O[C@H]2c3ccccc3C[C@H]2[C@@H](c2ccccc2)[C@H]1Br. The van der Waals surface area contributed by atoms with Crippen LogP contribution in [0.25, 0.3) is 0 Å². The lowest BCUT2D eigenvalue weighted by molar-refractivity contribution is -0.259. The number of methoxy groups -OCH3 is 1. The van der Waals surface area contributed by atoms with Gasteiger partial charge in [0.15, 0.2) is 0 Å². The fraction of sp³-hybridized carbons (Fsp3) is 0.381. The molecule has 0 N–H and O–H groups in total. The molecule has 1 saturated heterocycles. The molecule has 0 saturated carbocycles. The Bertz CT molecular complexity index is 812. The first-order valence-corrected chi connectivity index (χ1v) is 10.8. The van der Waals surface area contributed by atoms with Gasteiger partial charge in [0.2, 0.25) is 5.12 Å². The first kappa shape index (κ1) is 18.2. The van der Waals surface area contributed by atoms with Gasteiger partial charge < -0.3 is 9.47 Å². The van der Waals surface area contributed by atoms with Gasteiger partial charge in [0, 0.05) is 18.9 Å². The van der Waals surface area contributed by atoms with Crippen molar-refractivity contribution >= 4 is 32.8 Å². The molecule has 1 heterocycles. The number of hydrogen-bond donors (Lipinski definition) is 0. The minimum Gasteiger partial charge on any atom is -0.345 e. The zero-order valence-corrected chi connectivity index (χ0v) is 17.1. The molecule has 1 aliphatic heterocycles. The van der Waals surface area contributed by atoms with Crippen LogP contribution in [0.4, 0.5) is 0 Å². The molecule has 4 rings (SSSR count). The van der Waals surface area contributed by atoms with Gasteiger partial charge in [-0.05, 0) is 29.4 Å². The number of benzene rings is 2. The van der Waals surface area contributed by atoms with Gasteiger partial charge in [-0.1, -0.05) is 82.3 Å². The molecule has 2 aliphatic rings. The number of carbonyl (C=O) groups excluding carboxylic acids is 1. The van der Waals surface area contributed by atoms with E-state index in [1.165, 1.54) is 16.7 Å². The first-order chi connectivity index (χ1) is 12.6. The Morgan fingerprint density at radius 3 is 2.58 bits per heavy atom. The highest BCUT2D eigenvalue weighted by Crippen LogP contribution is 2.57. The number of fused-ring (bicyclic) bond motifs is 3. The van der Waals surface area contributed by atoms with Crippen molar-refractivity contribution < 1.29 is 14.3 Å². The number of thioether (sulfide) groups is 1. The first-order valence-electron chi connectivity index (χ1n) is 8.70. The van der Waals surface area contributed by atoms with Crippen LogP contribution in [-0.4, -0.2) is 29.1 Å². The van der Waals surface area contributed by atoms with Crippen LogP contribution in [0.15, 0.2) is 54.6 Å². The van der Waals surface area contributed by atoms with Crippen molar-refractivity contribution in [2.24, 2.45) is 5.92 Å². The molecule has 0 aromatic heterocycles. The maximum atomic E-state index is 12.9. The van der Waals surface area contributed by atoms with Gasteiger partial charge in [0.25, 0.3) is 5.79 Å². The van der Waals surface area contributed by atoms with Gasteiger partial charge >= 0.3 is 0 Å². The van der Waals surface area contributed by atoms with Crippen molar-refractivity contribution in [3.8, 4) is 0 Å². The van der Waals surface area contributed by atoms with Crippen LogP contribution in [0.2, 0.25) is 0 Å². The van der Waals surface area contributed by atoms with Gasteiger partial charge in [-0.25, -0.2) is 0 Å². The molecule has 5 atom stereocenters. The lowest BCUT2D eigenvalue weighted by Gasteiger charge is -2.48. The van der Waals surface area contributed by atoms with E-state index in [2.05, 4.69) is 46.3 Å². The van der Waals surface area contributed by atoms with E-state index in [1.807, 2.05) is 24.3 Å². The summed E-state index contributed by atoms with van der Waals surface area (Å²) in [5.74, 6) is -0.936. The molecule has 0 amide bonds. The van der Waals surface area contributed by atoms with Crippen molar-refractivity contribution in [1.82, 2.24) is 0 Å². The van der Waals surface area contributed by atoms with Crippen LogP contribution in [0, 0.1) is 5.92 Å². The second-order valence-electron chi connectivity index (χ2n) is 6.81. The molecule has 0 radical (unpaired) electrons. The summed E-state index contributed by atoms with van der Waals surface area (Å²) in [6.45, 7) is 0. The van der Waals surface area contributed by atoms with Crippen LogP contribution >= 0.6 is 27.7 Å². The average molecular weight is 433 g/mol. The lowest BCUT2D eigenvalue weighted by atomic mass is 9.76. The Labute approximate surface area is 166 Å². The molecule has 0 bridgehead atoms. The van der Waals surface area contributed by atoms with Crippen molar-refractivity contribution in [1.29, 1.82) is 0 Å². The summed E-state index contributed by atoms with van der Waals surface area (Å²) >= 11 is 4.97. The summed E-state index contributed by atoms with van der Waals surface area (Å²) in [4.78, 5) is 12.6. The molecule has 1 aliphatic carbocycles. The summed E-state index contributed by atoms with van der Waals surface area (Å²) < 4.78 is 12.2. The second-order valence-corrected chi connectivity index (χ2v) is 8.57. The van der Waals surface area contributed by atoms with E-state index in [-0.39, 0.29) is 27.9 Å². The predicted octanol–water partition coefficient (Wildman–Crippen LogP) is 4.71. The molecule has 0 spiro atoms. The van der Waals surface area contributed by atoms with E-state index in [4.69, 9.17) is 9.47 Å².